The van der Waals surface area contributed by atoms with Crippen LogP contribution >= 0.6 is 12.2 Å². The van der Waals surface area contributed by atoms with Crippen molar-refractivity contribution in [2.24, 2.45) is 0 Å². The van der Waals surface area contributed by atoms with Crippen LogP contribution in [0.15, 0.2) is 48.5 Å². The third-order valence-electron chi connectivity index (χ3n) is 3.92. The lowest BCUT2D eigenvalue weighted by molar-refractivity contribution is -0.124. The van der Waals surface area contributed by atoms with Crippen LogP contribution in [0.3, 0.4) is 0 Å². The fourth-order valence-corrected chi connectivity index (χ4v) is 2.53. The average molecular weight is 445 g/mol. The zero-order valence-electron chi connectivity index (χ0n) is 17.2. The summed E-state index contributed by atoms with van der Waals surface area (Å²) in [5.74, 6) is 0.124. The monoisotopic (exact) mass is 444 g/mol. The summed E-state index contributed by atoms with van der Waals surface area (Å²) in [5.41, 5.74) is 5.75. The summed E-state index contributed by atoms with van der Waals surface area (Å²) in [4.78, 5) is 36.0. The van der Waals surface area contributed by atoms with Gasteiger partial charge in [0, 0.05) is 24.1 Å². The van der Waals surface area contributed by atoms with Gasteiger partial charge < -0.3 is 14.8 Å². The minimum atomic E-state index is -0.456. The highest BCUT2D eigenvalue weighted by atomic mass is 32.1. The number of amides is 3. The number of anilines is 1. The highest BCUT2D eigenvalue weighted by molar-refractivity contribution is 7.80. The Bertz CT molecular complexity index is 916. The van der Waals surface area contributed by atoms with E-state index in [2.05, 4.69) is 21.5 Å². The van der Waals surface area contributed by atoms with E-state index in [9.17, 15) is 14.4 Å². The molecule has 0 aromatic heterocycles. The van der Waals surface area contributed by atoms with Crippen LogP contribution in [0.25, 0.3) is 0 Å². The number of ether oxygens (including phenoxy) is 2. The van der Waals surface area contributed by atoms with Crippen molar-refractivity contribution >= 4 is 40.7 Å². The standard InChI is InChI=1S/C21H24N4O5S/c1-3-30-17-10-6-15(7-11-17)22-18(26)12-13-19(27)24-25-21(31)23-20(28)14-4-8-16(29-2)9-5-14/h4-11H,3,12-13H2,1-2H3,(H,22,26)(H,24,27)(H2,23,25,28,31). The fourth-order valence-electron chi connectivity index (χ4n) is 2.39. The third-order valence-corrected chi connectivity index (χ3v) is 4.13. The van der Waals surface area contributed by atoms with Gasteiger partial charge in [0.2, 0.25) is 11.8 Å². The van der Waals surface area contributed by atoms with E-state index in [0.29, 0.717) is 29.4 Å². The maximum Gasteiger partial charge on any atom is 0.257 e. The Labute approximate surface area is 185 Å². The van der Waals surface area contributed by atoms with Gasteiger partial charge >= 0.3 is 0 Å². The van der Waals surface area contributed by atoms with Crippen molar-refractivity contribution in [2.45, 2.75) is 19.8 Å². The Morgan fingerprint density at radius 2 is 1.48 bits per heavy atom. The zero-order chi connectivity index (χ0) is 22.6. The summed E-state index contributed by atoms with van der Waals surface area (Å²) in [7, 11) is 1.53. The molecule has 0 unspecified atom stereocenters. The first-order chi connectivity index (χ1) is 14.9. The van der Waals surface area contributed by atoms with Crippen molar-refractivity contribution in [3.63, 3.8) is 0 Å². The second kappa shape index (κ2) is 12.1. The summed E-state index contributed by atoms with van der Waals surface area (Å²) in [6, 6.07) is 13.4. The lowest BCUT2D eigenvalue weighted by Crippen LogP contribution is -2.48. The smallest absolute Gasteiger partial charge is 0.257 e. The van der Waals surface area contributed by atoms with Crippen LogP contribution in [0.4, 0.5) is 5.69 Å². The van der Waals surface area contributed by atoms with Gasteiger partial charge in [-0.3, -0.25) is 30.6 Å². The van der Waals surface area contributed by atoms with Crippen molar-refractivity contribution in [3.05, 3.63) is 54.1 Å². The SMILES string of the molecule is CCOc1ccc(NC(=O)CCC(=O)NNC(=S)NC(=O)c2ccc(OC)cc2)cc1. The van der Waals surface area contributed by atoms with E-state index in [-0.39, 0.29) is 23.9 Å². The van der Waals surface area contributed by atoms with Crippen LogP contribution in [0.5, 0.6) is 11.5 Å². The number of rotatable bonds is 8. The number of carbonyl (C=O) groups excluding carboxylic acids is 3. The molecule has 0 radical (unpaired) electrons. The Morgan fingerprint density at radius 1 is 0.871 bits per heavy atom. The molecule has 0 saturated carbocycles. The van der Waals surface area contributed by atoms with Crippen molar-refractivity contribution in [3.8, 4) is 11.5 Å². The molecule has 0 spiro atoms. The second-order valence-corrected chi connectivity index (χ2v) is 6.60. The molecular weight excluding hydrogens is 420 g/mol. The normalized spacial score (nSPS) is 9.87. The van der Waals surface area contributed by atoms with Crippen LogP contribution in [0.2, 0.25) is 0 Å². The van der Waals surface area contributed by atoms with Crippen molar-refractivity contribution in [1.82, 2.24) is 16.2 Å². The van der Waals surface area contributed by atoms with E-state index < -0.39 is 11.8 Å². The minimum absolute atomic E-state index is 0.0221. The molecule has 164 valence electrons. The van der Waals surface area contributed by atoms with Crippen LogP contribution in [0.1, 0.15) is 30.1 Å². The van der Waals surface area contributed by atoms with Gasteiger partial charge in [-0.2, -0.15) is 0 Å². The lowest BCUT2D eigenvalue weighted by Gasteiger charge is -2.11. The fraction of sp³-hybridized carbons (Fsp3) is 0.238. The second-order valence-electron chi connectivity index (χ2n) is 6.19. The summed E-state index contributed by atoms with van der Waals surface area (Å²) in [6.07, 6.45) is -0.0867. The molecule has 4 N–H and O–H groups in total. The van der Waals surface area contributed by atoms with Gasteiger partial charge in [0.25, 0.3) is 5.91 Å². The molecule has 0 fully saturated rings. The van der Waals surface area contributed by atoms with Crippen molar-refractivity contribution < 1.29 is 23.9 Å². The minimum Gasteiger partial charge on any atom is -0.497 e. The van der Waals surface area contributed by atoms with Gasteiger partial charge in [-0.15, -0.1) is 0 Å². The van der Waals surface area contributed by atoms with Crippen LogP contribution in [0, 0.1) is 0 Å². The molecule has 2 aromatic rings. The number of hydrogen-bond acceptors (Lipinski definition) is 6. The molecule has 31 heavy (non-hydrogen) atoms. The quantitative estimate of drug-likeness (QED) is 0.364. The molecule has 9 nitrogen and oxygen atoms in total. The number of hydrogen-bond donors (Lipinski definition) is 4. The predicted octanol–water partition coefficient (Wildman–Crippen LogP) is 2.15. The van der Waals surface area contributed by atoms with Crippen LogP contribution in [-0.2, 0) is 9.59 Å². The summed E-state index contributed by atoms with van der Waals surface area (Å²) in [5, 5.41) is 5.06. The van der Waals surface area contributed by atoms with E-state index >= 15 is 0 Å². The molecule has 0 saturated heterocycles. The Hall–Kier alpha value is -3.66. The van der Waals surface area contributed by atoms with E-state index in [1.165, 1.54) is 7.11 Å². The molecule has 2 rings (SSSR count). The number of hydrazine groups is 1. The number of nitrogens with one attached hydrogen (secondary N) is 4. The Balaban J connectivity index is 1.67. The number of benzene rings is 2. The van der Waals surface area contributed by atoms with Crippen LogP contribution < -0.4 is 31.0 Å². The molecule has 0 heterocycles. The first-order valence-corrected chi connectivity index (χ1v) is 9.89. The van der Waals surface area contributed by atoms with Gasteiger partial charge in [0.15, 0.2) is 5.11 Å². The average Bonchev–Trinajstić information content (AvgIpc) is 2.78. The van der Waals surface area contributed by atoms with E-state index in [4.69, 9.17) is 21.7 Å². The molecule has 3 amide bonds. The highest BCUT2D eigenvalue weighted by Gasteiger charge is 2.10. The maximum absolute atomic E-state index is 12.1. The third kappa shape index (κ3) is 8.31. The molecule has 0 aliphatic heterocycles. The maximum atomic E-state index is 12.1. The summed E-state index contributed by atoms with van der Waals surface area (Å²) in [6.45, 7) is 2.45. The van der Waals surface area contributed by atoms with Gasteiger partial charge in [-0.1, -0.05) is 0 Å². The molecule has 0 aliphatic rings. The topological polar surface area (TPSA) is 118 Å². The molecule has 10 heteroatoms. The summed E-state index contributed by atoms with van der Waals surface area (Å²) < 4.78 is 10.4. The number of thiocarbonyl (C=S) groups is 1. The Morgan fingerprint density at radius 3 is 2.10 bits per heavy atom. The van der Waals surface area contributed by atoms with Gasteiger partial charge in [0.1, 0.15) is 11.5 Å². The highest BCUT2D eigenvalue weighted by Crippen LogP contribution is 2.16. The zero-order valence-corrected chi connectivity index (χ0v) is 18.0. The number of methoxy groups -OCH3 is 1. The molecule has 0 bridgehead atoms. The molecule has 2 aromatic carbocycles. The largest absolute Gasteiger partial charge is 0.497 e. The number of carbonyl (C=O) groups is 3. The molecular formula is C21H24N4O5S. The van der Waals surface area contributed by atoms with E-state index in [1.807, 2.05) is 6.92 Å². The molecule has 0 atom stereocenters. The van der Waals surface area contributed by atoms with Gasteiger partial charge in [0.05, 0.1) is 13.7 Å². The molecule has 0 aliphatic carbocycles. The van der Waals surface area contributed by atoms with E-state index in [1.54, 1.807) is 48.5 Å². The Kier molecular flexibility index (Phi) is 9.24. The van der Waals surface area contributed by atoms with Crippen LogP contribution in [-0.4, -0.2) is 36.6 Å². The summed E-state index contributed by atoms with van der Waals surface area (Å²) >= 11 is 4.98. The van der Waals surface area contributed by atoms with E-state index in [0.717, 1.165) is 0 Å². The predicted molar refractivity (Wildman–Crippen MR) is 120 cm³/mol. The first-order valence-electron chi connectivity index (χ1n) is 9.48. The van der Waals surface area contributed by atoms with Gasteiger partial charge in [-0.25, -0.2) is 0 Å². The van der Waals surface area contributed by atoms with Crippen molar-refractivity contribution in [1.29, 1.82) is 0 Å². The van der Waals surface area contributed by atoms with Gasteiger partial charge in [-0.05, 0) is 67.7 Å². The lowest BCUT2D eigenvalue weighted by atomic mass is 10.2. The van der Waals surface area contributed by atoms with Crippen molar-refractivity contribution in [2.75, 3.05) is 19.0 Å². The first kappa shape index (κ1) is 23.6.